The van der Waals surface area contributed by atoms with Gasteiger partial charge < -0.3 is 10.1 Å². The van der Waals surface area contributed by atoms with Crippen molar-refractivity contribution < 1.29 is 14.3 Å². The highest BCUT2D eigenvalue weighted by molar-refractivity contribution is 6.06. The van der Waals surface area contributed by atoms with E-state index in [4.69, 9.17) is 9.72 Å². The van der Waals surface area contributed by atoms with Crippen molar-refractivity contribution in [1.82, 2.24) is 10.3 Å². The minimum Gasteiger partial charge on any atom is -0.452 e. The van der Waals surface area contributed by atoms with Crippen molar-refractivity contribution in [2.45, 2.75) is 26.3 Å². The van der Waals surface area contributed by atoms with Crippen molar-refractivity contribution in [2.24, 2.45) is 0 Å². The Hall–Kier alpha value is -3.73. The van der Waals surface area contributed by atoms with E-state index in [1.807, 2.05) is 87.5 Å². The van der Waals surface area contributed by atoms with E-state index >= 15 is 0 Å². The molecule has 5 heteroatoms. The number of nitrogens with zero attached hydrogens (tertiary/aromatic N) is 1. The molecule has 0 unspecified atom stereocenters. The zero-order valence-electron chi connectivity index (χ0n) is 17.8. The fraction of sp³-hybridized carbons (Fsp3) is 0.192. The molecule has 0 atom stereocenters. The molecule has 1 N–H and O–H groups in total. The molecule has 0 bridgehead atoms. The highest BCUT2D eigenvalue weighted by atomic mass is 16.5. The number of pyridine rings is 1. The lowest BCUT2D eigenvalue weighted by Gasteiger charge is -2.20. The first kappa shape index (κ1) is 20.5. The van der Waals surface area contributed by atoms with Gasteiger partial charge in [-0.05, 0) is 43.7 Å². The minimum absolute atomic E-state index is 0.337. The summed E-state index contributed by atoms with van der Waals surface area (Å²) in [5.41, 5.74) is 2.30. The van der Waals surface area contributed by atoms with Crippen LogP contribution in [-0.4, -0.2) is 29.0 Å². The largest absolute Gasteiger partial charge is 0.452 e. The number of rotatable bonds is 4. The molecule has 31 heavy (non-hydrogen) atoms. The lowest BCUT2D eigenvalue weighted by atomic mass is 9.99. The highest BCUT2D eigenvalue weighted by Crippen LogP contribution is 2.30. The number of ether oxygens (including phenoxy) is 1. The van der Waals surface area contributed by atoms with Crippen LogP contribution < -0.4 is 5.32 Å². The monoisotopic (exact) mass is 412 g/mol. The van der Waals surface area contributed by atoms with Gasteiger partial charge in [0.15, 0.2) is 6.61 Å². The van der Waals surface area contributed by atoms with Gasteiger partial charge in [0.25, 0.3) is 5.91 Å². The van der Waals surface area contributed by atoms with Gasteiger partial charge in [0, 0.05) is 16.5 Å². The summed E-state index contributed by atoms with van der Waals surface area (Å²) in [5, 5.41) is 5.63. The molecule has 1 aromatic heterocycles. The Morgan fingerprint density at radius 2 is 1.58 bits per heavy atom. The van der Waals surface area contributed by atoms with Crippen molar-refractivity contribution >= 4 is 33.6 Å². The smallest absolute Gasteiger partial charge is 0.339 e. The van der Waals surface area contributed by atoms with E-state index in [1.54, 1.807) is 6.07 Å². The summed E-state index contributed by atoms with van der Waals surface area (Å²) < 4.78 is 5.34. The van der Waals surface area contributed by atoms with Gasteiger partial charge >= 0.3 is 5.97 Å². The molecule has 4 rings (SSSR count). The van der Waals surface area contributed by atoms with E-state index in [1.165, 1.54) is 0 Å². The standard InChI is InChI=1S/C26H24N2O3/c1-26(2,3)28-24(29)16-31-25(30)21-15-23(27-22-14-7-6-12-20(21)22)19-13-8-10-17-9-4-5-11-18(17)19/h4-15H,16H2,1-3H3,(H,28,29). The molecule has 0 aliphatic carbocycles. The van der Waals surface area contributed by atoms with Gasteiger partial charge in [-0.2, -0.15) is 0 Å². The van der Waals surface area contributed by atoms with Gasteiger partial charge in [-0.3, -0.25) is 4.79 Å². The molecule has 4 aromatic rings. The summed E-state index contributed by atoms with van der Waals surface area (Å²) >= 11 is 0. The topological polar surface area (TPSA) is 68.3 Å². The molecule has 0 radical (unpaired) electrons. The van der Waals surface area contributed by atoms with E-state index in [0.29, 0.717) is 22.2 Å². The molecule has 3 aromatic carbocycles. The van der Waals surface area contributed by atoms with E-state index in [-0.39, 0.29) is 12.5 Å². The number of hydrogen-bond acceptors (Lipinski definition) is 4. The van der Waals surface area contributed by atoms with Gasteiger partial charge in [0.2, 0.25) is 0 Å². The number of amides is 1. The van der Waals surface area contributed by atoms with Crippen molar-refractivity contribution in [3.8, 4) is 11.3 Å². The Kier molecular flexibility index (Phi) is 5.42. The number of carbonyl (C=O) groups excluding carboxylic acids is 2. The van der Waals surface area contributed by atoms with Crippen LogP contribution in [0.25, 0.3) is 32.9 Å². The van der Waals surface area contributed by atoms with Crippen LogP contribution in [0.15, 0.2) is 72.8 Å². The van der Waals surface area contributed by atoms with Gasteiger partial charge in [-0.25, -0.2) is 9.78 Å². The van der Waals surface area contributed by atoms with E-state index in [0.717, 1.165) is 16.3 Å². The number of esters is 1. The molecule has 5 nitrogen and oxygen atoms in total. The lowest BCUT2D eigenvalue weighted by Crippen LogP contribution is -2.42. The first-order valence-electron chi connectivity index (χ1n) is 10.2. The number of para-hydroxylation sites is 1. The SMILES string of the molecule is CC(C)(C)NC(=O)COC(=O)c1cc(-c2cccc3ccccc23)nc2ccccc12. The Morgan fingerprint density at radius 1 is 0.903 bits per heavy atom. The van der Waals surface area contributed by atoms with E-state index in [9.17, 15) is 9.59 Å². The summed E-state index contributed by atoms with van der Waals surface area (Å²) in [6.45, 7) is 5.29. The Morgan fingerprint density at radius 3 is 2.35 bits per heavy atom. The van der Waals surface area contributed by atoms with Crippen LogP contribution in [0.4, 0.5) is 0 Å². The maximum absolute atomic E-state index is 12.9. The molecule has 1 heterocycles. The summed E-state index contributed by atoms with van der Waals surface area (Å²) in [6.07, 6.45) is 0. The van der Waals surface area contributed by atoms with Crippen LogP contribution in [0.5, 0.6) is 0 Å². The third kappa shape index (κ3) is 4.56. The molecule has 0 spiro atoms. The van der Waals surface area contributed by atoms with Gasteiger partial charge in [-0.15, -0.1) is 0 Å². The van der Waals surface area contributed by atoms with Crippen LogP contribution >= 0.6 is 0 Å². The molecule has 0 aliphatic rings. The average molecular weight is 412 g/mol. The van der Waals surface area contributed by atoms with E-state index in [2.05, 4.69) is 5.32 Å². The van der Waals surface area contributed by atoms with E-state index < -0.39 is 11.5 Å². The first-order chi connectivity index (χ1) is 14.8. The summed E-state index contributed by atoms with van der Waals surface area (Å²) in [7, 11) is 0. The van der Waals surface area contributed by atoms with Crippen LogP contribution in [-0.2, 0) is 9.53 Å². The number of aromatic nitrogens is 1. The lowest BCUT2D eigenvalue weighted by molar-refractivity contribution is -0.125. The number of fused-ring (bicyclic) bond motifs is 2. The summed E-state index contributed by atoms with van der Waals surface area (Å²) in [5.74, 6) is -0.891. The molecular formula is C26H24N2O3. The number of nitrogens with one attached hydrogen (secondary N) is 1. The Labute approximate surface area is 181 Å². The average Bonchev–Trinajstić information content (AvgIpc) is 2.75. The van der Waals surface area contributed by atoms with Crippen LogP contribution in [0.3, 0.4) is 0 Å². The first-order valence-corrected chi connectivity index (χ1v) is 10.2. The predicted molar refractivity (Wildman–Crippen MR) is 123 cm³/mol. The fourth-order valence-electron chi connectivity index (χ4n) is 3.59. The second-order valence-corrected chi connectivity index (χ2v) is 8.47. The van der Waals surface area contributed by atoms with Crippen molar-refractivity contribution in [3.05, 3.63) is 78.4 Å². The van der Waals surface area contributed by atoms with Crippen molar-refractivity contribution in [2.75, 3.05) is 6.61 Å². The van der Waals surface area contributed by atoms with Crippen molar-refractivity contribution in [1.29, 1.82) is 0 Å². The summed E-state index contributed by atoms with van der Waals surface area (Å²) in [6, 6.07) is 23.2. The molecule has 0 saturated heterocycles. The summed E-state index contributed by atoms with van der Waals surface area (Å²) in [4.78, 5) is 29.8. The number of carbonyl (C=O) groups is 2. The van der Waals surface area contributed by atoms with Gasteiger partial charge in [-0.1, -0.05) is 60.7 Å². The third-order valence-corrected chi connectivity index (χ3v) is 4.85. The molecule has 156 valence electrons. The van der Waals surface area contributed by atoms with Crippen molar-refractivity contribution in [3.63, 3.8) is 0 Å². The normalized spacial score (nSPS) is 11.5. The molecule has 0 fully saturated rings. The van der Waals surface area contributed by atoms with Crippen LogP contribution in [0.1, 0.15) is 31.1 Å². The quantitative estimate of drug-likeness (QED) is 0.472. The molecule has 0 saturated carbocycles. The number of benzene rings is 3. The molecule has 1 amide bonds. The maximum atomic E-state index is 12.9. The number of hydrogen-bond donors (Lipinski definition) is 1. The van der Waals surface area contributed by atoms with Crippen LogP contribution in [0.2, 0.25) is 0 Å². The second-order valence-electron chi connectivity index (χ2n) is 8.47. The fourth-order valence-corrected chi connectivity index (χ4v) is 3.59. The zero-order valence-corrected chi connectivity index (χ0v) is 17.8. The Bertz CT molecular complexity index is 1280. The Balaban J connectivity index is 1.74. The second kappa shape index (κ2) is 8.19. The predicted octanol–water partition coefficient (Wildman–Crippen LogP) is 5.13. The minimum atomic E-state index is -0.552. The van der Waals surface area contributed by atoms with Gasteiger partial charge in [0.1, 0.15) is 0 Å². The zero-order chi connectivity index (χ0) is 22.0. The van der Waals surface area contributed by atoms with Gasteiger partial charge in [0.05, 0.1) is 16.8 Å². The third-order valence-electron chi connectivity index (χ3n) is 4.85. The maximum Gasteiger partial charge on any atom is 0.339 e. The molecule has 0 aliphatic heterocycles. The molecular weight excluding hydrogens is 388 g/mol. The highest BCUT2D eigenvalue weighted by Gasteiger charge is 2.19. The van der Waals surface area contributed by atoms with Crippen LogP contribution in [0, 0.1) is 0 Å².